The minimum absolute atomic E-state index is 0.00418. The average molecular weight is 499 g/mol. The summed E-state index contributed by atoms with van der Waals surface area (Å²) in [5, 5.41) is 10.8. The number of carbonyl (C=O) groups is 2. The highest BCUT2D eigenvalue weighted by molar-refractivity contribution is 9.10. The number of thioether (sulfide) groups is 1. The van der Waals surface area contributed by atoms with Crippen molar-refractivity contribution in [2.75, 3.05) is 0 Å². The molecular weight excluding hydrogens is 484 g/mol. The molecule has 2 aromatic carbocycles. The molecule has 0 unspecified atom stereocenters. The molecule has 0 aliphatic carbocycles. The number of halogens is 1. The van der Waals surface area contributed by atoms with Crippen molar-refractivity contribution >= 4 is 50.6 Å². The highest BCUT2D eigenvalue weighted by atomic mass is 79.9. The highest BCUT2D eigenvalue weighted by Gasteiger charge is 2.35. The number of nitrogens with zero attached hydrogens (tertiary/aromatic N) is 2. The van der Waals surface area contributed by atoms with Crippen LogP contribution in [0.15, 0.2) is 68.4 Å². The number of nitro benzene ring substituents is 1. The number of aryl methyl sites for hydroxylation is 1. The van der Waals surface area contributed by atoms with E-state index in [0.29, 0.717) is 22.6 Å². The quantitative estimate of drug-likeness (QED) is 0.237. The predicted molar refractivity (Wildman–Crippen MR) is 121 cm³/mol. The number of imide groups is 1. The summed E-state index contributed by atoms with van der Waals surface area (Å²) in [5.41, 5.74) is 1.96. The maximum absolute atomic E-state index is 12.7. The zero-order valence-corrected chi connectivity index (χ0v) is 18.6. The largest absolute Gasteiger partial charge is 0.457 e. The second kappa shape index (κ2) is 8.52. The topological polar surface area (TPSA) is 93.7 Å². The molecule has 0 radical (unpaired) electrons. The second-order valence-electron chi connectivity index (χ2n) is 6.85. The number of hydrogen-bond donors (Lipinski definition) is 0. The molecule has 31 heavy (non-hydrogen) atoms. The Bertz CT molecular complexity index is 1230. The molecule has 9 heteroatoms. The van der Waals surface area contributed by atoms with Gasteiger partial charge in [-0.25, -0.2) is 0 Å². The maximum atomic E-state index is 12.7. The third kappa shape index (κ3) is 4.47. The van der Waals surface area contributed by atoms with Crippen LogP contribution >= 0.6 is 27.7 Å². The van der Waals surface area contributed by atoms with Crippen LogP contribution in [0.1, 0.15) is 16.9 Å². The van der Waals surface area contributed by atoms with Gasteiger partial charge in [-0.3, -0.25) is 24.6 Å². The Kier molecular flexibility index (Phi) is 5.79. The molecule has 0 spiro atoms. The van der Waals surface area contributed by atoms with Gasteiger partial charge in [-0.15, -0.1) is 0 Å². The molecule has 7 nitrogen and oxygen atoms in total. The maximum Gasteiger partial charge on any atom is 0.293 e. The molecule has 0 saturated carbocycles. The standard InChI is InChI=1S/C22H15BrN2O5S/c1-13-2-5-15(10-18(13)25(28)29)19-9-8-17(30-19)11-20-21(26)24(22(27)31-20)12-14-3-6-16(23)7-4-14/h2-11H,12H2,1H3/b20-11+. The molecule has 1 aromatic heterocycles. The molecule has 1 aliphatic rings. The van der Waals surface area contributed by atoms with Gasteiger partial charge in [-0.1, -0.05) is 40.2 Å². The smallest absolute Gasteiger partial charge is 0.293 e. The Hall–Kier alpha value is -3.17. The van der Waals surface area contributed by atoms with Gasteiger partial charge < -0.3 is 4.42 Å². The van der Waals surface area contributed by atoms with Crippen LogP contribution in [0.2, 0.25) is 0 Å². The van der Waals surface area contributed by atoms with Crippen molar-refractivity contribution in [2.24, 2.45) is 0 Å². The molecule has 0 bridgehead atoms. The average Bonchev–Trinajstić information content (AvgIpc) is 3.30. The first kappa shape index (κ1) is 21.1. The van der Waals surface area contributed by atoms with Crippen molar-refractivity contribution in [3.8, 4) is 11.3 Å². The summed E-state index contributed by atoms with van der Waals surface area (Å²) in [6.45, 7) is 1.85. The van der Waals surface area contributed by atoms with Crippen LogP contribution < -0.4 is 0 Å². The van der Waals surface area contributed by atoms with Crippen LogP contribution in [0.5, 0.6) is 0 Å². The van der Waals surface area contributed by atoms with E-state index in [-0.39, 0.29) is 28.3 Å². The van der Waals surface area contributed by atoms with Crippen molar-refractivity contribution in [1.82, 2.24) is 4.90 Å². The zero-order chi connectivity index (χ0) is 22.1. The lowest BCUT2D eigenvalue weighted by Crippen LogP contribution is -2.27. The van der Waals surface area contributed by atoms with E-state index in [2.05, 4.69) is 15.9 Å². The lowest BCUT2D eigenvalue weighted by atomic mass is 10.1. The number of hydrogen-bond acceptors (Lipinski definition) is 6. The fraction of sp³-hybridized carbons (Fsp3) is 0.0909. The number of nitro groups is 1. The first-order valence-electron chi connectivity index (χ1n) is 9.17. The van der Waals surface area contributed by atoms with Gasteiger partial charge in [0.05, 0.1) is 16.4 Å². The summed E-state index contributed by atoms with van der Waals surface area (Å²) in [5.74, 6) is 0.428. The minimum atomic E-state index is -0.440. The van der Waals surface area contributed by atoms with E-state index < -0.39 is 4.92 Å². The third-order valence-corrected chi connectivity index (χ3v) is 6.15. The van der Waals surface area contributed by atoms with E-state index >= 15 is 0 Å². The predicted octanol–water partition coefficient (Wildman–Crippen LogP) is 6.16. The van der Waals surface area contributed by atoms with E-state index in [4.69, 9.17) is 4.42 Å². The fourth-order valence-corrected chi connectivity index (χ4v) is 4.17. The van der Waals surface area contributed by atoms with Crippen LogP contribution in [0.25, 0.3) is 17.4 Å². The minimum Gasteiger partial charge on any atom is -0.457 e. The molecule has 1 aliphatic heterocycles. The first-order valence-corrected chi connectivity index (χ1v) is 10.8. The van der Waals surface area contributed by atoms with E-state index in [1.54, 1.807) is 31.2 Å². The van der Waals surface area contributed by atoms with Gasteiger partial charge in [0, 0.05) is 27.7 Å². The normalized spacial score (nSPS) is 15.2. The van der Waals surface area contributed by atoms with E-state index in [1.165, 1.54) is 17.0 Å². The molecule has 3 aromatic rings. The van der Waals surface area contributed by atoms with Crippen LogP contribution in [-0.4, -0.2) is 21.0 Å². The van der Waals surface area contributed by atoms with Crippen molar-refractivity contribution in [2.45, 2.75) is 13.5 Å². The molecular formula is C22H15BrN2O5S. The number of furan rings is 1. The Morgan fingerprint density at radius 2 is 1.87 bits per heavy atom. The third-order valence-electron chi connectivity index (χ3n) is 4.72. The lowest BCUT2D eigenvalue weighted by molar-refractivity contribution is -0.385. The monoisotopic (exact) mass is 498 g/mol. The number of amides is 2. The number of rotatable bonds is 5. The summed E-state index contributed by atoms with van der Waals surface area (Å²) in [6, 6.07) is 15.6. The molecule has 0 N–H and O–H groups in total. The molecule has 156 valence electrons. The Morgan fingerprint density at radius 1 is 1.13 bits per heavy atom. The number of carbonyl (C=O) groups excluding carboxylic acids is 2. The molecule has 0 atom stereocenters. The van der Waals surface area contributed by atoms with Gasteiger partial charge in [-0.2, -0.15) is 0 Å². The van der Waals surface area contributed by atoms with Gasteiger partial charge >= 0.3 is 0 Å². The van der Waals surface area contributed by atoms with Gasteiger partial charge in [0.25, 0.3) is 16.8 Å². The number of benzene rings is 2. The Labute approximate surface area is 190 Å². The fourth-order valence-electron chi connectivity index (χ4n) is 3.08. The molecule has 2 heterocycles. The summed E-state index contributed by atoms with van der Waals surface area (Å²) in [6.07, 6.45) is 1.51. The van der Waals surface area contributed by atoms with Gasteiger partial charge in [-0.05, 0) is 48.5 Å². The molecule has 1 saturated heterocycles. The van der Waals surface area contributed by atoms with Crippen molar-refractivity contribution in [3.63, 3.8) is 0 Å². The second-order valence-corrected chi connectivity index (χ2v) is 8.76. The molecule has 4 rings (SSSR count). The summed E-state index contributed by atoms with van der Waals surface area (Å²) < 4.78 is 6.67. The van der Waals surface area contributed by atoms with Crippen LogP contribution in [-0.2, 0) is 11.3 Å². The van der Waals surface area contributed by atoms with E-state index in [0.717, 1.165) is 21.8 Å². The highest BCUT2D eigenvalue weighted by Crippen LogP contribution is 2.35. The first-order chi connectivity index (χ1) is 14.8. The molecule has 2 amide bonds. The van der Waals surface area contributed by atoms with Gasteiger partial charge in [0.2, 0.25) is 0 Å². The van der Waals surface area contributed by atoms with Crippen molar-refractivity contribution < 1.29 is 18.9 Å². The lowest BCUT2D eigenvalue weighted by Gasteiger charge is -2.12. The van der Waals surface area contributed by atoms with Crippen molar-refractivity contribution in [3.05, 3.63) is 91.0 Å². The van der Waals surface area contributed by atoms with Crippen LogP contribution in [0.4, 0.5) is 10.5 Å². The van der Waals surface area contributed by atoms with Gasteiger partial charge in [0.15, 0.2) is 0 Å². The zero-order valence-electron chi connectivity index (χ0n) is 16.2. The summed E-state index contributed by atoms with van der Waals surface area (Å²) in [4.78, 5) is 37.2. The summed E-state index contributed by atoms with van der Waals surface area (Å²) in [7, 11) is 0. The molecule has 1 fully saturated rings. The SMILES string of the molecule is Cc1ccc(-c2ccc(/C=C3/SC(=O)N(Cc4ccc(Br)cc4)C3=O)o2)cc1[N+](=O)[O-]. The van der Waals surface area contributed by atoms with E-state index in [9.17, 15) is 19.7 Å². The van der Waals surface area contributed by atoms with Crippen LogP contribution in [0.3, 0.4) is 0 Å². The Balaban J connectivity index is 1.55. The summed E-state index contributed by atoms with van der Waals surface area (Å²) >= 11 is 4.21. The van der Waals surface area contributed by atoms with Crippen LogP contribution in [0, 0.1) is 17.0 Å². The Morgan fingerprint density at radius 3 is 2.58 bits per heavy atom. The van der Waals surface area contributed by atoms with Gasteiger partial charge in [0.1, 0.15) is 11.5 Å². The van der Waals surface area contributed by atoms with E-state index in [1.807, 2.05) is 24.3 Å². The van der Waals surface area contributed by atoms with Crippen molar-refractivity contribution in [1.29, 1.82) is 0 Å².